The largest absolute Gasteiger partial charge is 0.490 e. The molecule has 0 saturated heterocycles. The van der Waals surface area contributed by atoms with Crippen molar-refractivity contribution in [1.29, 1.82) is 0 Å². The topological polar surface area (TPSA) is 85.0 Å². The van der Waals surface area contributed by atoms with Crippen LogP contribution >= 0.6 is 24.0 Å². The molecule has 3 rings (SSSR count). The van der Waals surface area contributed by atoms with Crippen molar-refractivity contribution in [2.45, 2.75) is 13.0 Å². The number of hydrogen-bond acceptors (Lipinski definition) is 5. The fourth-order valence-corrected chi connectivity index (χ4v) is 2.38. The molecule has 1 aliphatic rings. The van der Waals surface area contributed by atoms with Crippen LogP contribution in [-0.4, -0.2) is 38.3 Å². The van der Waals surface area contributed by atoms with Gasteiger partial charge in [0.1, 0.15) is 5.82 Å². The van der Waals surface area contributed by atoms with Crippen LogP contribution in [0.3, 0.4) is 0 Å². The molecule has 2 heterocycles. The average molecular weight is 469 g/mol. The Morgan fingerprint density at radius 1 is 1.19 bits per heavy atom. The summed E-state index contributed by atoms with van der Waals surface area (Å²) in [4.78, 5) is 10.7. The summed E-state index contributed by atoms with van der Waals surface area (Å²) >= 11 is 0. The summed E-state index contributed by atoms with van der Waals surface area (Å²) in [6.45, 7) is 1.78. The summed E-state index contributed by atoms with van der Waals surface area (Å²) in [5.41, 5.74) is 7.78. The van der Waals surface area contributed by atoms with Crippen LogP contribution in [0.15, 0.2) is 41.5 Å². The summed E-state index contributed by atoms with van der Waals surface area (Å²) in [6.07, 6.45) is 2.68. The molecule has 26 heavy (non-hydrogen) atoms. The molecule has 0 saturated carbocycles. The van der Waals surface area contributed by atoms with Crippen LogP contribution < -0.4 is 25.4 Å². The van der Waals surface area contributed by atoms with Gasteiger partial charge in [0.15, 0.2) is 17.5 Å². The summed E-state index contributed by atoms with van der Waals surface area (Å²) in [6, 6.07) is 9.59. The third-order valence-corrected chi connectivity index (χ3v) is 3.72. The van der Waals surface area contributed by atoms with Gasteiger partial charge >= 0.3 is 0 Å². The third-order valence-electron chi connectivity index (χ3n) is 3.72. The van der Waals surface area contributed by atoms with E-state index in [2.05, 4.69) is 15.3 Å². The highest BCUT2D eigenvalue weighted by Gasteiger charge is 2.10. The summed E-state index contributed by atoms with van der Waals surface area (Å²) < 4.78 is 11.3. The first-order chi connectivity index (χ1) is 12.1. The number of hydrogen-bond donors (Lipinski definition) is 2. The first-order valence-corrected chi connectivity index (χ1v) is 8.20. The number of halogens is 1. The smallest absolute Gasteiger partial charge is 0.193 e. The number of benzene rings is 1. The second-order valence-electron chi connectivity index (χ2n) is 5.96. The van der Waals surface area contributed by atoms with Crippen LogP contribution in [0.2, 0.25) is 0 Å². The minimum atomic E-state index is 0. The van der Waals surface area contributed by atoms with E-state index in [1.807, 2.05) is 49.3 Å². The lowest BCUT2D eigenvalue weighted by Gasteiger charge is -2.11. The second kappa shape index (κ2) is 9.46. The van der Waals surface area contributed by atoms with Gasteiger partial charge in [-0.3, -0.25) is 0 Å². The summed E-state index contributed by atoms with van der Waals surface area (Å²) in [5.74, 6) is 2.72. The lowest BCUT2D eigenvalue weighted by Crippen LogP contribution is -2.22. The number of rotatable bonds is 4. The second-order valence-corrected chi connectivity index (χ2v) is 5.96. The van der Waals surface area contributed by atoms with Crippen LogP contribution in [0.5, 0.6) is 11.5 Å². The van der Waals surface area contributed by atoms with Gasteiger partial charge < -0.3 is 25.4 Å². The molecule has 2 aromatic rings. The molecule has 0 bridgehead atoms. The zero-order valence-corrected chi connectivity index (χ0v) is 17.3. The van der Waals surface area contributed by atoms with Crippen LogP contribution in [0, 0.1) is 0 Å². The quantitative estimate of drug-likeness (QED) is 0.407. The first kappa shape index (κ1) is 20.1. The fraction of sp³-hybridized carbons (Fsp3) is 0.333. The van der Waals surface area contributed by atoms with Crippen molar-refractivity contribution in [2.75, 3.05) is 37.5 Å². The Morgan fingerprint density at radius 2 is 1.96 bits per heavy atom. The van der Waals surface area contributed by atoms with Crippen LogP contribution in [-0.2, 0) is 6.54 Å². The molecule has 8 heteroatoms. The zero-order chi connectivity index (χ0) is 17.6. The lowest BCUT2D eigenvalue weighted by atomic mass is 10.2. The number of fused-ring (bicyclic) bond motifs is 1. The highest BCUT2D eigenvalue weighted by atomic mass is 127. The minimum absolute atomic E-state index is 0. The first-order valence-electron chi connectivity index (χ1n) is 8.20. The Labute approximate surface area is 170 Å². The Morgan fingerprint density at radius 3 is 2.65 bits per heavy atom. The van der Waals surface area contributed by atoms with Gasteiger partial charge in [-0.15, -0.1) is 24.0 Å². The third kappa shape index (κ3) is 5.38. The molecular weight excluding hydrogens is 445 g/mol. The van der Waals surface area contributed by atoms with E-state index in [1.165, 1.54) is 0 Å². The van der Waals surface area contributed by atoms with Crippen molar-refractivity contribution in [3.63, 3.8) is 0 Å². The Bertz CT molecular complexity index is 750. The van der Waals surface area contributed by atoms with Gasteiger partial charge in [-0.1, -0.05) is 6.07 Å². The van der Waals surface area contributed by atoms with Gasteiger partial charge in [0.2, 0.25) is 0 Å². The number of aromatic nitrogens is 1. The van der Waals surface area contributed by atoms with Crippen molar-refractivity contribution in [1.82, 2.24) is 4.98 Å². The SMILES string of the molecule is CN(C)c1ccc(CN=C(N)Nc2ccc3c(c2)OCCCO3)cn1.I. The molecule has 140 valence electrons. The van der Waals surface area contributed by atoms with E-state index in [0.29, 0.717) is 25.7 Å². The average Bonchev–Trinajstić information content (AvgIpc) is 2.85. The van der Waals surface area contributed by atoms with E-state index in [-0.39, 0.29) is 24.0 Å². The minimum Gasteiger partial charge on any atom is -0.490 e. The molecule has 0 radical (unpaired) electrons. The Kier molecular flexibility index (Phi) is 7.31. The predicted octanol–water partition coefficient (Wildman–Crippen LogP) is 2.85. The number of nitrogens with one attached hydrogen (secondary N) is 1. The number of pyridine rings is 1. The number of anilines is 2. The number of guanidine groups is 1. The zero-order valence-electron chi connectivity index (χ0n) is 14.9. The molecule has 1 aromatic carbocycles. The van der Waals surface area contributed by atoms with Crippen molar-refractivity contribution >= 4 is 41.4 Å². The molecular formula is C18H24IN5O2. The fourth-order valence-electron chi connectivity index (χ4n) is 2.38. The maximum absolute atomic E-state index is 5.98. The van der Waals surface area contributed by atoms with Crippen molar-refractivity contribution in [3.05, 3.63) is 42.1 Å². The number of nitrogens with two attached hydrogens (primary N) is 1. The highest BCUT2D eigenvalue weighted by Crippen LogP contribution is 2.32. The number of ether oxygens (including phenoxy) is 2. The van der Waals surface area contributed by atoms with E-state index in [4.69, 9.17) is 15.2 Å². The van der Waals surface area contributed by atoms with Gasteiger partial charge in [0.25, 0.3) is 0 Å². The maximum Gasteiger partial charge on any atom is 0.193 e. The highest BCUT2D eigenvalue weighted by molar-refractivity contribution is 14.0. The summed E-state index contributed by atoms with van der Waals surface area (Å²) in [7, 11) is 3.91. The van der Waals surface area contributed by atoms with Crippen molar-refractivity contribution in [3.8, 4) is 11.5 Å². The molecule has 0 fully saturated rings. The van der Waals surface area contributed by atoms with E-state index in [0.717, 1.165) is 35.0 Å². The van der Waals surface area contributed by atoms with Crippen molar-refractivity contribution in [2.24, 2.45) is 10.7 Å². The van der Waals surface area contributed by atoms with Gasteiger partial charge in [-0.05, 0) is 23.8 Å². The van der Waals surface area contributed by atoms with Crippen LogP contribution in [0.1, 0.15) is 12.0 Å². The molecule has 0 unspecified atom stereocenters. The van der Waals surface area contributed by atoms with Crippen LogP contribution in [0.4, 0.5) is 11.5 Å². The molecule has 1 aliphatic heterocycles. The Balaban J connectivity index is 0.00000243. The standard InChI is InChI=1S/C18H23N5O2.HI/c1-23(2)17-7-4-13(11-20-17)12-21-18(19)22-14-5-6-15-16(10-14)25-9-3-8-24-15;/h4-7,10-11H,3,8-9,12H2,1-2H3,(H3,19,21,22);1H. The normalized spacial score (nSPS) is 13.4. The Hall–Kier alpha value is -2.23. The molecule has 0 aliphatic carbocycles. The van der Waals surface area contributed by atoms with Gasteiger partial charge in [-0.2, -0.15) is 0 Å². The molecule has 0 amide bonds. The maximum atomic E-state index is 5.98. The van der Waals surface area contributed by atoms with Crippen LogP contribution in [0.25, 0.3) is 0 Å². The lowest BCUT2D eigenvalue weighted by molar-refractivity contribution is 0.297. The van der Waals surface area contributed by atoms with E-state index in [9.17, 15) is 0 Å². The van der Waals surface area contributed by atoms with E-state index < -0.39 is 0 Å². The van der Waals surface area contributed by atoms with Crippen molar-refractivity contribution < 1.29 is 9.47 Å². The molecule has 0 spiro atoms. The number of nitrogens with zero attached hydrogens (tertiary/aromatic N) is 3. The monoisotopic (exact) mass is 469 g/mol. The van der Waals surface area contributed by atoms with E-state index >= 15 is 0 Å². The predicted molar refractivity (Wildman–Crippen MR) is 115 cm³/mol. The molecule has 3 N–H and O–H groups in total. The molecule has 0 atom stereocenters. The van der Waals surface area contributed by atoms with Gasteiger partial charge in [0, 0.05) is 38.5 Å². The molecule has 7 nitrogen and oxygen atoms in total. The van der Waals surface area contributed by atoms with E-state index in [1.54, 1.807) is 6.20 Å². The number of aliphatic imine (C=N–C) groups is 1. The molecule has 1 aromatic heterocycles. The van der Waals surface area contributed by atoms with Gasteiger partial charge in [0.05, 0.1) is 19.8 Å². The van der Waals surface area contributed by atoms with Gasteiger partial charge in [-0.25, -0.2) is 9.98 Å². The summed E-state index contributed by atoms with van der Waals surface area (Å²) in [5, 5.41) is 3.08.